The van der Waals surface area contributed by atoms with Gasteiger partial charge in [-0.05, 0) is 0 Å². The first-order valence-corrected chi connectivity index (χ1v) is 8.14. The van der Waals surface area contributed by atoms with Crippen molar-refractivity contribution in [2.24, 2.45) is 0 Å². The van der Waals surface area contributed by atoms with E-state index in [-0.39, 0.29) is 34.3 Å². The zero-order chi connectivity index (χ0) is 14.6. The number of hydrogen-bond donors (Lipinski definition) is 3. The van der Waals surface area contributed by atoms with E-state index in [1.807, 2.05) is 6.07 Å². The quantitative estimate of drug-likeness (QED) is 0.704. The molecule has 0 atom stereocenters. The predicted octanol–water partition coefficient (Wildman–Crippen LogP) is 0.0181. The lowest BCUT2D eigenvalue weighted by atomic mass is 10.2. The van der Waals surface area contributed by atoms with E-state index in [2.05, 4.69) is 10.6 Å². The summed E-state index contributed by atoms with van der Waals surface area (Å²) in [4.78, 5) is 11.8. The Morgan fingerprint density at radius 2 is 2.16 bits per heavy atom. The minimum absolute atomic E-state index is 0.0645. The number of thiophene rings is 1. The molecular formula is C10H14N4O3S2. The van der Waals surface area contributed by atoms with Crippen LogP contribution in [0.2, 0.25) is 0 Å². The highest BCUT2D eigenvalue weighted by atomic mass is 32.2. The zero-order valence-electron chi connectivity index (χ0n) is 10.5. The lowest BCUT2D eigenvalue weighted by Gasteiger charge is -2.02. The molecule has 19 heavy (non-hydrogen) atoms. The summed E-state index contributed by atoms with van der Waals surface area (Å²) in [6.07, 6.45) is 1.12. The van der Waals surface area contributed by atoms with Crippen LogP contribution in [0.5, 0.6) is 0 Å². The number of hydrogen-bond acceptors (Lipinski definition) is 7. The van der Waals surface area contributed by atoms with Crippen LogP contribution in [0, 0.1) is 11.3 Å². The van der Waals surface area contributed by atoms with Gasteiger partial charge in [0.15, 0.2) is 0 Å². The van der Waals surface area contributed by atoms with Crippen molar-refractivity contribution in [3.8, 4) is 6.07 Å². The summed E-state index contributed by atoms with van der Waals surface area (Å²) in [5, 5.41) is 14.7. The van der Waals surface area contributed by atoms with Gasteiger partial charge < -0.3 is 16.4 Å². The second kappa shape index (κ2) is 5.90. The summed E-state index contributed by atoms with van der Waals surface area (Å²) in [6.45, 7) is 0.153. The summed E-state index contributed by atoms with van der Waals surface area (Å²) < 4.78 is 22.0. The molecule has 1 aromatic rings. The number of nitrogens with zero attached hydrogens (tertiary/aromatic N) is 1. The van der Waals surface area contributed by atoms with Crippen molar-refractivity contribution >= 4 is 37.8 Å². The van der Waals surface area contributed by atoms with Crippen molar-refractivity contribution < 1.29 is 13.2 Å². The minimum atomic E-state index is -3.09. The van der Waals surface area contributed by atoms with Crippen LogP contribution in [-0.4, -0.2) is 39.9 Å². The Morgan fingerprint density at radius 1 is 1.53 bits per heavy atom. The molecule has 4 N–H and O–H groups in total. The van der Waals surface area contributed by atoms with Crippen LogP contribution in [0.1, 0.15) is 15.2 Å². The standard InChI is InChI=1S/C10H14N4O3S2/c1-13-9(15)8-7(12)6(5-11)10(18-8)14-3-4-19(2,16)17/h14H,3-4,12H2,1-2H3,(H,13,15). The summed E-state index contributed by atoms with van der Waals surface area (Å²) >= 11 is 1.03. The van der Waals surface area contributed by atoms with E-state index in [0.717, 1.165) is 17.6 Å². The summed E-state index contributed by atoms with van der Waals surface area (Å²) in [7, 11) is -1.63. The van der Waals surface area contributed by atoms with Gasteiger partial charge in [0.2, 0.25) is 0 Å². The van der Waals surface area contributed by atoms with Crippen LogP contribution in [0.4, 0.5) is 10.7 Å². The highest BCUT2D eigenvalue weighted by Crippen LogP contribution is 2.34. The lowest BCUT2D eigenvalue weighted by molar-refractivity contribution is 0.0968. The first kappa shape index (κ1) is 15.3. The first-order chi connectivity index (χ1) is 8.80. The molecular weight excluding hydrogens is 288 g/mol. The normalized spacial score (nSPS) is 10.8. The van der Waals surface area contributed by atoms with Gasteiger partial charge in [0.05, 0.1) is 11.4 Å². The SMILES string of the molecule is CNC(=O)c1sc(NCCS(C)(=O)=O)c(C#N)c1N. The number of carbonyl (C=O) groups is 1. The van der Waals surface area contributed by atoms with Gasteiger partial charge in [-0.3, -0.25) is 4.79 Å². The van der Waals surface area contributed by atoms with E-state index in [1.54, 1.807) is 0 Å². The number of sulfone groups is 1. The van der Waals surface area contributed by atoms with Gasteiger partial charge in [-0.25, -0.2) is 8.42 Å². The fourth-order valence-corrected chi connectivity index (χ4v) is 2.83. The highest BCUT2D eigenvalue weighted by Gasteiger charge is 2.20. The predicted molar refractivity (Wildman–Crippen MR) is 75.0 cm³/mol. The third-order valence-electron chi connectivity index (χ3n) is 2.25. The molecule has 9 heteroatoms. The monoisotopic (exact) mass is 302 g/mol. The molecule has 0 bridgehead atoms. The van der Waals surface area contributed by atoms with Gasteiger partial charge >= 0.3 is 0 Å². The molecule has 1 amide bonds. The minimum Gasteiger partial charge on any atom is -0.396 e. The Balaban J connectivity index is 2.96. The number of nitrogens with one attached hydrogen (secondary N) is 2. The highest BCUT2D eigenvalue weighted by molar-refractivity contribution is 7.90. The average molecular weight is 302 g/mol. The number of amides is 1. The number of carbonyl (C=O) groups excluding carboxylic acids is 1. The Kier molecular flexibility index (Phi) is 4.74. The summed E-state index contributed by atoms with van der Waals surface area (Å²) in [6, 6.07) is 1.90. The number of nitrogen functional groups attached to an aromatic ring is 1. The van der Waals surface area contributed by atoms with E-state index in [0.29, 0.717) is 5.00 Å². The van der Waals surface area contributed by atoms with Gasteiger partial charge in [0.25, 0.3) is 5.91 Å². The van der Waals surface area contributed by atoms with Crippen LogP contribution in [0.3, 0.4) is 0 Å². The fourth-order valence-electron chi connectivity index (χ4n) is 1.31. The summed E-state index contributed by atoms with van der Waals surface area (Å²) in [5.41, 5.74) is 5.99. The summed E-state index contributed by atoms with van der Waals surface area (Å²) in [5.74, 6) is -0.444. The first-order valence-electron chi connectivity index (χ1n) is 5.26. The third-order valence-corrected chi connectivity index (χ3v) is 4.36. The molecule has 1 aromatic heterocycles. The van der Waals surface area contributed by atoms with Crippen LogP contribution in [0.15, 0.2) is 0 Å². The molecule has 0 aliphatic heterocycles. The second-order valence-electron chi connectivity index (χ2n) is 3.80. The van der Waals surface area contributed by atoms with E-state index in [4.69, 9.17) is 11.0 Å². The van der Waals surface area contributed by atoms with Gasteiger partial charge in [-0.1, -0.05) is 0 Å². The second-order valence-corrected chi connectivity index (χ2v) is 7.08. The molecule has 0 spiro atoms. The maximum Gasteiger partial charge on any atom is 0.263 e. The molecule has 0 aliphatic rings. The van der Waals surface area contributed by atoms with Crippen LogP contribution < -0.4 is 16.4 Å². The lowest BCUT2D eigenvalue weighted by Crippen LogP contribution is -2.17. The Labute approximate surface area is 115 Å². The van der Waals surface area contributed by atoms with Gasteiger partial charge in [-0.15, -0.1) is 11.3 Å². The Morgan fingerprint density at radius 3 is 2.63 bits per heavy atom. The maximum atomic E-state index is 11.5. The Hall–Kier alpha value is -1.79. The molecule has 1 heterocycles. The van der Waals surface area contributed by atoms with Gasteiger partial charge in [0, 0.05) is 19.8 Å². The van der Waals surface area contributed by atoms with Gasteiger partial charge in [-0.2, -0.15) is 5.26 Å². The van der Waals surface area contributed by atoms with Crippen LogP contribution in [-0.2, 0) is 9.84 Å². The molecule has 0 aliphatic carbocycles. The molecule has 7 nitrogen and oxygen atoms in total. The van der Waals surface area contributed by atoms with Crippen molar-refractivity contribution in [3.05, 3.63) is 10.4 Å². The van der Waals surface area contributed by atoms with E-state index in [1.165, 1.54) is 7.05 Å². The molecule has 0 unspecified atom stereocenters. The van der Waals surface area contributed by atoms with E-state index < -0.39 is 9.84 Å². The Bertz CT molecular complexity index is 628. The van der Waals surface area contributed by atoms with Crippen LogP contribution >= 0.6 is 11.3 Å². The van der Waals surface area contributed by atoms with Crippen LogP contribution in [0.25, 0.3) is 0 Å². The van der Waals surface area contributed by atoms with Gasteiger partial charge in [0.1, 0.15) is 31.3 Å². The maximum absolute atomic E-state index is 11.5. The topological polar surface area (TPSA) is 125 Å². The fraction of sp³-hybridized carbons (Fsp3) is 0.400. The molecule has 104 valence electrons. The van der Waals surface area contributed by atoms with Crippen molar-refractivity contribution in [2.75, 3.05) is 36.7 Å². The van der Waals surface area contributed by atoms with Crippen molar-refractivity contribution in [1.29, 1.82) is 5.26 Å². The smallest absolute Gasteiger partial charge is 0.263 e. The molecule has 0 saturated heterocycles. The largest absolute Gasteiger partial charge is 0.396 e. The van der Waals surface area contributed by atoms with Crippen molar-refractivity contribution in [2.45, 2.75) is 0 Å². The molecule has 0 radical (unpaired) electrons. The zero-order valence-corrected chi connectivity index (χ0v) is 12.1. The van der Waals surface area contributed by atoms with E-state index >= 15 is 0 Å². The number of rotatable bonds is 5. The van der Waals surface area contributed by atoms with Crippen molar-refractivity contribution in [1.82, 2.24) is 5.32 Å². The van der Waals surface area contributed by atoms with Crippen molar-refractivity contribution in [3.63, 3.8) is 0 Å². The number of nitriles is 1. The number of nitrogens with two attached hydrogens (primary N) is 1. The molecule has 1 rings (SSSR count). The molecule has 0 saturated carbocycles. The third kappa shape index (κ3) is 3.84. The molecule has 0 fully saturated rings. The van der Waals surface area contributed by atoms with E-state index in [9.17, 15) is 13.2 Å². The number of anilines is 2. The average Bonchev–Trinajstić information content (AvgIpc) is 2.63. The molecule has 0 aromatic carbocycles.